The van der Waals surface area contributed by atoms with E-state index in [0.29, 0.717) is 45.6 Å². The van der Waals surface area contributed by atoms with Crippen LogP contribution in [0.25, 0.3) is 0 Å². The van der Waals surface area contributed by atoms with Crippen molar-refractivity contribution in [2.45, 2.75) is 6.42 Å². The van der Waals surface area contributed by atoms with E-state index >= 15 is 0 Å². The molecule has 0 aliphatic heterocycles. The number of amides is 2. The zero-order valence-corrected chi connectivity index (χ0v) is 20.3. The minimum atomic E-state index is -0.642. The molecule has 12 nitrogen and oxygen atoms in total. The van der Waals surface area contributed by atoms with E-state index in [9.17, 15) is 9.59 Å². The van der Waals surface area contributed by atoms with Crippen molar-refractivity contribution in [2.75, 3.05) is 42.7 Å². The standard InChI is InChI=1S/C23H28N4O8/c1-30-16-9-7-14(20(32-3)22(16)34-5)12-24-26-18(28)11-19(29)27-25-13-15-8-10-17(31-2)23(35-6)21(15)33-4/h7-10,12-13H,11H2,1-6H3,(H,26,28)(H,27,29). The lowest BCUT2D eigenvalue weighted by molar-refractivity contribution is -0.129. The van der Waals surface area contributed by atoms with Gasteiger partial charge >= 0.3 is 0 Å². The average molecular weight is 488 g/mol. The van der Waals surface area contributed by atoms with Gasteiger partial charge in [-0.05, 0) is 24.3 Å². The van der Waals surface area contributed by atoms with Crippen molar-refractivity contribution in [1.82, 2.24) is 10.9 Å². The molecular formula is C23H28N4O8. The van der Waals surface area contributed by atoms with Crippen LogP contribution >= 0.6 is 0 Å². The van der Waals surface area contributed by atoms with Crippen LogP contribution in [-0.4, -0.2) is 66.9 Å². The van der Waals surface area contributed by atoms with E-state index in [0.717, 1.165) is 0 Å². The minimum Gasteiger partial charge on any atom is -0.493 e. The molecule has 2 rings (SSSR count). The van der Waals surface area contributed by atoms with Crippen LogP contribution in [0.15, 0.2) is 34.5 Å². The number of ether oxygens (including phenoxy) is 6. The normalized spacial score (nSPS) is 10.7. The van der Waals surface area contributed by atoms with Crippen molar-refractivity contribution in [3.05, 3.63) is 35.4 Å². The Morgan fingerprint density at radius 2 is 1.00 bits per heavy atom. The van der Waals surface area contributed by atoms with Gasteiger partial charge in [-0.25, -0.2) is 10.9 Å². The maximum atomic E-state index is 12.0. The zero-order chi connectivity index (χ0) is 25.8. The van der Waals surface area contributed by atoms with Crippen LogP contribution in [-0.2, 0) is 9.59 Å². The maximum absolute atomic E-state index is 12.0. The summed E-state index contributed by atoms with van der Waals surface area (Å²) < 4.78 is 31.7. The number of nitrogens with zero attached hydrogens (tertiary/aromatic N) is 2. The van der Waals surface area contributed by atoms with Crippen molar-refractivity contribution >= 4 is 24.2 Å². The molecule has 2 amide bonds. The topological polar surface area (TPSA) is 138 Å². The van der Waals surface area contributed by atoms with Gasteiger partial charge in [0.25, 0.3) is 0 Å². The van der Waals surface area contributed by atoms with Gasteiger partial charge in [-0.2, -0.15) is 10.2 Å². The number of nitrogens with one attached hydrogen (secondary N) is 2. The van der Waals surface area contributed by atoms with E-state index in [4.69, 9.17) is 28.4 Å². The molecule has 2 N–H and O–H groups in total. The maximum Gasteiger partial charge on any atom is 0.249 e. The summed E-state index contributed by atoms with van der Waals surface area (Å²) in [6, 6.07) is 6.70. The van der Waals surface area contributed by atoms with Gasteiger partial charge in [0.05, 0.1) is 55.1 Å². The summed E-state index contributed by atoms with van der Waals surface area (Å²) in [5, 5.41) is 7.72. The predicted octanol–water partition coefficient (Wildman–Crippen LogP) is 1.73. The molecule has 35 heavy (non-hydrogen) atoms. The summed E-state index contributed by atoms with van der Waals surface area (Å²) in [5.74, 6) is 1.20. The van der Waals surface area contributed by atoms with Gasteiger partial charge in [0, 0.05) is 11.1 Å². The van der Waals surface area contributed by atoms with Crippen LogP contribution in [0.2, 0.25) is 0 Å². The van der Waals surface area contributed by atoms with E-state index < -0.39 is 18.2 Å². The van der Waals surface area contributed by atoms with Crippen molar-refractivity contribution in [2.24, 2.45) is 10.2 Å². The molecule has 0 unspecified atom stereocenters. The second-order valence-electron chi connectivity index (χ2n) is 6.61. The average Bonchev–Trinajstić information content (AvgIpc) is 2.87. The summed E-state index contributed by atoms with van der Waals surface area (Å²) in [7, 11) is 8.90. The molecule has 0 saturated carbocycles. The molecule has 0 aromatic heterocycles. The highest BCUT2D eigenvalue weighted by Crippen LogP contribution is 2.39. The van der Waals surface area contributed by atoms with Crippen molar-refractivity contribution < 1.29 is 38.0 Å². The molecule has 0 fully saturated rings. The summed E-state index contributed by atoms with van der Waals surface area (Å²) in [6.07, 6.45) is 2.22. The zero-order valence-electron chi connectivity index (χ0n) is 20.3. The lowest BCUT2D eigenvalue weighted by atomic mass is 10.2. The van der Waals surface area contributed by atoms with Crippen LogP contribution in [0.1, 0.15) is 17.5 Å². The molecule has 2 aromatic rings. The number of hydrogen-bond donors (Lipinski definition) is 2. The van der Waals surface area contributed by atoms with E-state index in [2.05, 4.69) is 21.1 Å². The second kappa shape index (κ2) is 13.3. The Balaban J connectivity index is 1.97. The Hall–Kier alpha value is -4.48. The largest absolute Gasteiger partial charge is 0.493 e. The first kappa shape index (κ1) is 26.8. The molecule has 0 aliphatic carbocycles. The molecule has 0 spiro atoms. The van der Waals surface area contributed by atoms with E-state index in [1.807, 2.05) is 0 Å². The van der Waals surface area contributed by atoms with Crippen LogP contribution in [0, 0.1) is 0 Å². The predicted molar refractivity (Wildman–Crippen MR) is 128 cm³/mol. The fourth-order valence-electron chi connectivity index (χ4n) is 3.02. The fraction of sp³-hybridized carbons (Fsp3) is 0.304. The Morgan fingerprint density at radius 3 is 1.31 bits per heavy atom. The number of hydrogen-bond acceptors (Lipinski definition) is 10. The van der Waals surface area contributed by atoms with Gasteiger partial charge in [0.1, 0.15) is 6.42 Å². The molecule has 0 aliphatic rings. The third-order valence-electron chi connectivity index (χ3n) is 4.58. The monoisotopic (exact) mass is 488 g/mol. The van der Waals surface area contributed by atoms with Gasteiger partial charge in [-0.1, -0.05) is 0 Å². The molecule has 188 valence electrons. The second-order valence-corrected chi connectivity index (χ2v) is 6.61. The third kappa shape index (κ3) is 6.76. The van der Waals surface area contributed by atoms with E-state index in [1.54, 1.807) is 24.3 Å². The lowest BCUT2D eigenvalue weighted by Crippen LogP contribution is -2.27. The molecule has 0 radical (unpaired) electrons. The van der Waals surface area contributed by atoms with Crippen molar-refractivity contribution in [3.63, 3.8) is 0 Å². The number of hydrazone groups is 2. The summed E-state index contributed by atoms with van der Waals surface area (Å²) in [5.41, 5.74) is 5.61. The van der Waals surface area contributed by atoms with Crippen LogP contribution in [0.3, 0.4) is 0 Å². The highest BCUT2D eigenvalue weighted by Gasteiger charge is 2.16. The summed E-state index contributed by atoms with van der Waals surface area (Å²) >= 11 is 0. The highest BCUT2D eigenvalue weighted by molar-refractivity contribution is 5.98. The first-order valence-corrected chi connectivity index (χ1v) is 10.2. The smallest absolute Gasteiger partial charge is 0.249 e. The molecule has 0 saturated heterocycles. The first-order valence-electron chi connectivity index (χ1n) is 10.2. The number of carbonyl (C=O) groups excluding carboxylic acids is 2. The Labute approximate surface area is 202 Å². The van der Waals surface area contributed by atoms with Crippen LogP contribution in [0.5, 0.6) is 34.5 Å². The number of rotatable bonds is 12. The molecular weight excluding hydrogens is 460 g/mol. The van der Waals surface area contributed by atoms with Gasteiger partial charge < -0.3 is 28.4 Å². The molecule has 0 bridgehead atoms. The molecule has 2 aromatic carbocycles. The highest BCUT2D eigenvalue weighted by atomic mass is 16.5. The Morgan fingerprint density at radius 1 is 0.629 bits per heavy atom. The fourth-order valence-corrected chi connectivity index (χ4v) is 3.02. The first-order chi connectivity index (χ1) is 16.9. The minimum absolute atomic E-state index is 0.377. The molecule has 0 heterocycles. The van der Waals surface area contributed by atoms with Crippen LogP contribution in [0.4, 0.5) is 0 Å². The number of methoxy groups -OCH3 is 6. The quantitative estimate of drug-likeness (QED) is 0.262. The molecule has 12 heteroatoms. The van der Waals surface area contributed by atoms with Crippen molar-refractivity contribution in [1.29, 1.82) is 0 Å². The SMILES string of the molecule is COc1ccc(C=NNC(=O)CC(=O)NN=Cc2ccc(OC)c(OC)c2OC)c(OC)c1OC. The van der Waals surface area contributed by atoms with Crippen molar-refractivity contribution in [3.8, 4) is 34.5 Å². The van der Waals surface area contributed by atoms with E-state index in [-0.39, 0.29) is 0 Å². The lowest BCUT2D eigenvalue weighted by Gasteiger charge is -2.13. The third-order valence-corrected chi connectivity index (χ3v) is 4.58. The summed E-state index contributed by atoms with van der Waals surface area (Å²) in [4.78, 5) is 24.1. The van der Waals surface area contributed by atoms with Gasteiger partial charge in [0.2, 0.25) is 23.3 Å². The van der Waals surface area contributed by atoms with Gasteiger partial charge in [-0.3, -0.25) is 9.59 Å². The Bertz CT molecular complexity index is 1020. The molecule has 0 atom stereocenters. The van der Waals surface area contributed by atoms with Crippen LogP contribution < -0.4 is 39.3 Å². The van der Waals surface area contributed by atoms with Gasteiger partial charge in [-0.15, -0.1) is 0 Å². The van der Waals surface area contributed by atoms with Gasteiger partial charge in [0.15, 0.2) is 23.0 Å². The number of benzene rings is 2. The Kier molecular flexibility index (Phi) is 10.2. The number of carbonyl (C=O) groups is 2. The summed E-state index contributed by atoms with van der Waals surface area (Å²) in [6.45, 7) is 0. The van der Waals surface area contributed by atoms with E-state index in [1.165, 1.54) is 55.1 Å².